The largest absolute Gasteiger partial charge is 0.465 e. The van der Waals surface area contributed by atoms with Crippen LogP contribution in [0.2, 0.25) is 5.15 Å². The summed E-state index contributed by atoms with van der Waals surface area (Å²) in [6.07, 6.45) is -0.895. The quantitative estimate of drug-likeness (QED) is 0.822. The summed E-state index contributed by atoms with van der Waals surface area (Å²) in [4.78, 5) is 14.9. The first kappa shape index (κ1) is 15.6. The molecule has 0 saturated carbocycles. The van der Waals surface area contributed by atoms with Crippen molar-refractivity contribution in [1.29, 1.82) is 0 Å². The maximum atomic E-state index is 11.4. The number of aromatic nitrogens is 2. The fraction of sp³-hybridized carbons (Fsp3) is 0.615. The fourth-order valence-corrected chi connectivity index (χ4v) is 2.73. The van der Waals surface area contributed by atoms with E-state index in [1.54, 1.807) is 6.07 Å². The van der Waals surface area contributed by atoms with Crippen molar-refractivity contribution in [3.63, 3.8) is 0 Å². The molecule has 1 atom stereocenters. The van der Waals surface area contributed by atoms with Gasteiger partial charge in [0.25, 0.3) is 0 Å². The molecular formula is C13H20ClN5O2. The van der Waals surface area contributed by atoms with Crippen molar-refractivity contribution >= 4 is 29.2 Å². The van der Waals surface area contributed by atoms with Crippen LogP contribution in [0.15, 0.2) is 6.07 Å². The van der Waals surface area contributed by atoms with Gasteiger partial charge in [-0.2, -0.15) is 0 Å². The van der Waals surface area contributed by atoms with Crippen LogP contribution in [0.5, 0.6) is 0 Å². The van der Waals surface area contributed by atoms with Gasteiger partial charge in [-0.15, -0.1) is 10.2 Å². The summed E-state index contributed by atoms with van der Waals surface area (Å²) in [6.45, 7) is 7.58. The second-order valence-electron chi connectivity index (χ2n) is 6.24. The van der Waals surface area contributed by atoms with Gasteiger partial charge in [-0.3, -0.25) is 0 Å². The zero-order valence-corrected chi connectivity index (χ0v) is 13.1. The number of anilines is 2. The van der Waals surface area contributed by atoms with E-state index in [-0.39, 0.29) is 16.6 Å². The van der Waals surface area contributed by atoms with E-state index in [1.807, 2.05) is 25.7 Å². The third-order valence-electron chi connectivity index (χ3n) is 3.74. The van der Waals surface area contributed by atoms with Crippen molar-refractivity contribution in [3.8, 4) is 0 Å². The number of nitrogens with two attached hydrogens (primary N) is 1. The molecule has 1 amide bonds. The highest BCUT2D eigenvalue weighted by molar-refractivity contribution is 6.29. The molecule has 0 radical (unpaired) electrons. The molecule has 21 heavy (non-hydrogen) atoms. The van der Waals surface area contributed by atoms with Crippen LogP contribution in [-0.4, -0.2) is 52.0 Å². The Balaban J connectivity index is 2.29. The Labute approximate surface area is 128 Å². The monoisotopic (exact) mass is 313 g/mol. The number of rotatable bonds is 1. The molecule has 7 nitrogen and oxygen atoms in total. The van der Waals surface area contributed by atoms with Crippen LogP contribution in [0.3, 0.4) is 0 Å². The summed E-state index contributed by atoms with van der Waals surface area (Å²) in [5.41, 5.74) is 6.38. The first-order valence-electron chi connectivity index (χ1n) is 6.73. The minimum Gasteiger partial charge on any atom is -0.465 e. The molecule has 2 heterocycles. The standard InChI is InChI=1S/C13H20ClN5O2/c1-13(2,3)9-7-18(4-5-19(9)12(20)21)8-6-10(14)16-17-11(8)15/h6,9H,4-5,7H2,1-3H3,(H2,15,17)(H,20,21). The van der Waals surface area contributed by atoms with E-state index in [0.29, 0.717) is 31.1 Å². The van der Waals surface area contributed by atoms with Gasteiger partial charge in [-0.05, 0) is 5.41 Å². The van der Waals surface area contributed by atoms with Gasteiger partial charge >= 0.3 is 6.09 Å². The number of nitrogen functional groups attached to an aromatic ring is 1. The smallest absolute Gasteiger partial charge is 0.407 e. The Bertz CT molecular complexity index is 546. The van der Waals surface area contributed by atoms with E-state index in [4.69, 9.17) is 17.3 Å². The molecule has 2 rings (SSSR count). The number of piperazine rings is 1. The summed E-state index contributed by atoms with van der Waals surface area (Å²) in [7, 11) is 0. The van der Waals surface area contributed by atoms with E-state index >= 15 is 0 Å². The van der Waals surface area contributed by atoms with Crippen LogP contribution in [0.1, 0.15) is 20.8 Å². The molecule has 1 saturated heterocycles. The fourth-order valence-electron chi connectivity index (χ4n) is 2.59. The predicted octanol–water partition coefficient (Wildman–Crippen LogP) is 1.93. The number of hydrogen-bond donors (Lipinski definition) is 2. The lowest BCUT2D eigenvalue weighted by atomic mass is 9.84. The van der Waals surface area contributed by atoms with Crippen molar-refractivity contribution in [1.82, 2.24) is 15.1 Å². The minimum absolute atomic E-state index is 0.143. The second-order valence-corrected chi connectivity index (χ2v) is 6.63. The second kappa shape index (κ2) is 5.55. The van der Waals surface area contributed by atoms with Gasteiger partial charge in [0.15, 0.2) is 11.0 Å². The zero-order valence-electron chi connectivity index (χ0n) is 12.4. The van der Waals surface area contributed by atoms with Gasteiger partial charge < -0.3 is 20.6 Å². The van der Waals surface area contributed by atoms with Crippen LogP contribution >= 0.6 is 11.6 Å². The SMILES string of the molecule is CC(C)(C)C1CN(c2cc(Cl)nnc2N)CCN1C(=O)O. The lowest BCUT2D eigenvalue weighted by Crippen LogP contribution is -2.59. The van der Waals surface area contributed by atoms with Crippen molar-refractivity contribution in [2.75, 3.05) is 30.3 Å². The predicted molar refractivity (Wildman–Crippen MR) is 81.6 cm³/mol. The van der Waals surface area contributed by atoms with Crippen molar-refractivity contribution in [3.05, 3.63) is 11.2 Å². The van der Waals surface area contributed by atoms with E-state index in [0.717, 1.165) is 0 Å². The number of amides is 1. The maximum absolute atomic E-state index is 11.4. The van der Waals surface area contributed by atoms with Gasteiger partial charge in [0.2, 0.25) is 0 Å². The molecule has 8 heteroatoms. The molecule has 0 aromatic carbocycles. The Morgan fingerprint density at radius 3 is 2.67 bits per heavy atom. The molecule has 1 aliphatic rings. The summed E-state index contributed by atoms with van der Waals surface area (Å²) >= 11 is 5.88. The number of nitrogens with zero attached hydrogens (tertiary/aromatic N) is 4. The van der Waals surface area contributed by atoms with Crippen LogP contribution in [0.4, 0.5) is 16.3 Å². The zero-order chi connectivity index (χ0) is 15.8. The molecule has 0 spiro atoms. The van der Waals surface area contributed by atoms with E-state index in [1.165, 1.54) is 4.90 Å². The molecule has 1 unspecified atom stereocenters. The van der Waals surface area contributed by atoms with Gasteiger partial charge in [0, 0.05) is 25.7 Å². The Morgan fingerprint density at radius 1 is 1.43 bits per heavy atom. The molecule has 1 aromatic heterocycles. The van der Waals surface area contributed by atoms with Crippen molar-refractivity contribution in [2.45, 2.75) is 26.8 Å². The van der Waals surface area contributed by atoms with E-state index in [2.05, 4.69) is 10.2 Å². The Hall–Kier alpha value is -1.76. The molecule has 1 fully saturated rings. The van der Waals surface area contributed by atoms with Crippen LogP contribution in [0.25, 0.3) is 0 Å². The van der Waals surface area contributed by atoms with Crippen LogP contribution in [0, 0.1) is 5.41 Å². The lowest BCUT2D eigenvalue weighted by Gasteiger charge is -2.46. The maximum Gasteiger partial charge on any atom is 0.407 e. The summed E-state index contributed by atoms with van der Waals surface area (Å²) < 4.78 is 0. The highest BCUT2D eigenvalue weighted by atomic mass is 35.5. The van der Waals surface area contributed by atoms with Crippen LogP contribution in [-0.2, 0) is 0 Å². The van der Waals surface area contributed by atoms with Gasteiger partial charge in [-0.1, -0.05) is 32.4 Å². The third-order valence-corrected chi connectivity index (χ3v) is 3.92. The van der Waals surface area contributed by atoms with E-state index in [9.17, 15) is 9.90 Å². The Kier molecular flexibility index (Phi) is 4.13. The average molecular weight is 314 g/mol. The minimum atomic E-state index is -0.895. The number of carboxylic acid groups (broad SMARTS) is 1. The number of hydrogen-bond acceptors (Lipinski definition) is 5. The molecule has 0 aliphatic carbocycles. The Morgan fingerprint density at radius 2 is 2.10 bits per heavy atom. The van der Waals surface area contributed by atoms with Gasteiger partial charge in [-0.25, -0.2) is 4.79 Å². The van der Waals surface area contributed by atoms with Gasteiger partial charge in [0.05, 0.1) is 11.7 Å². The first-order chi connectivity index (χ1) is 9.70. The average Bonchev–Trinajstić information content (AvgIpc) is 2.40. The lowest BCUT2D eigenvalue weighted by molar-refractivity contribution is 0.0749. The molecule has 116 valence electrons. The molecule has 0 bridgehead atoms. The molecule has 1 aliphatic heterocycles. The van der Waals surface area contributed by atoms with Gasteiger partial charge in [0.1, 0.15) is 0 Å². The number of halogens is 1. The van der Waals surface area contributed by atoms with E-state index < -0.39 is 6.09 Å². The first-order valence-corrected chi connectivity index (χ1v) is 7.11. The van der Waals surface area contributed by atoms with Crippen molar-refractivity contribution in [2.24, 2.45) is 5.41 Å². The molecular weight excluding hydrogens is 294 g/mol. The summed E-state index contributed by atoms with van der Waals surface area (Å²) in [5, 5.41) is 17.2. The van der Waals surface area contributed by atoms with Crippen LogP contribution < -0.4 is 10.6 Å². The third kappa shape index (κ3) is 3.29. The summed E-state index contributed by atoms with van der Waals surface area (Å²) in [5.74, 6) is 0.302. The summed E-state index contributed by atoms with van der Waals surface area (Å²) in [6, 6.07) is 1.52. The normalized spacial score (nSPS) is 19.7. The highest BCUT2D eigenvalue weighted by Gasteiger charge is 2.38. The molecule has 3 N–H and O–H groups in total. The number of carbonyl (C=O) groups is 1. The highest BCUT2D eigenvalue weighted by Crippen LogP contribution is 2.32. The topological polar surface area (TPSA) is 95.6 Å². The van der Waals surface area contributed by atoms with Crippen molar-refractivity contribution < 1.29 is 9.90 Å². The molecule has 1 aromatic rings.